The lowest BCUT2D eigenvalue weighted by molar-refractivity contribution is -0.384. The van der Waals surface area contributed by atoms with Crippen molar-refractivity contribution >= 4 is 27.3 Å². The second-order valence-electron chi connectivity index (χ2n) is 6.59. The fraction of sp³-hybridized carbons (Fsp3) is 0.333. The SMILES string of the molecule is CN(CC(=O)N1CCN(c2cccc([N+](=O)[O-])c2)CC1)S(=O)(=O)c1cccnc1. The van der Waals surface area contributed by atoms with Crippen molar-refractivity contribution in [2.24, 2.45) is 0 Å². The first kappa shape index (κ1) is 20.7. The Morgan fingerprint density at radius 2 is 1.93 bits per heavy atom. The standard InChI is InChI=1S/C18H21N5O5S/c1-20(29(27,28)17-6-3-7-19-13-17)14-18(24)22-10-8-21(9-11-22)15-4-2-5-16(12-15)23(25)26/h2-7,12-13H,8-11,14H2,1H3. The van der Waals surface area contributed by atoms with Crippen LogP contribution in [0.5, 0.6) is 0 Å². The Balaban J connectivity index is 1.59. The molecule has 1 fully saturated rings. The first-order chi connectivity index (χ1) is 13.8. The smallest absolute Gasteiger partial charge is 0.271 e. The van der Waals surface area contributed by atoms with Crippen LogP contribution >= 0.6 is 0 Å². The lowest BCUT2D eigenvalue weighted by atomic mass is 10.2. The van der Waals surface area contributed by atoms with Gasteiger partial charge in [-0.3, -0.25) is 19.9 Å². The molecule has 1 aliphatic heterocycles. The molecule has 1 saturated heterocycles. The van der Waals surface area contributed by atoms with Gasteiger partial charge in [0.15, 0.2) is 0 Å². The number of hydrogen-bond donors (Lipinski definition) is 0. The zero-order valence-corrected chi connectivity index (χ0v) is 16.7. The normalized spacial score (nSPS) is 14.8. The lowest BCUT2D eigenvalue weighted by Gasteiger charge is -2.36. The van der Waals surface area contributed by atoms with Gasteiger partial charge in [-0.1, -0.05) is 6.07 Å². The van der Waals surface area contributed by atoms with Crippen molar-refractivity contribution < 1.29 is 18.1 Å². The summed E-state index contributed by atoms with van der Waals surface area (Å²) in [7, 11) is -2.43. The first-order valence-electron chi connectivity index (χ1n) is 8.92. The van der Waals surface area contributed by atoms with Crippen LogP contribution in [-0.4, -0.2) is 73.2 Å². The Bertz CT molecular complexity index is 991. The molecule has 1 aliphatic rings. The maximum atomic E-state index is 12.6. The first-order valence-corrected chi connectivity index (χ1v) is 10.4. The fourth-order valence-corrected chi connectivity index (χ4v) is 4.16. The molecule has 0 aliphatic carbocycles. The number of likely N-dealkylation sites (N-methyl/N-ethyl adjacent to an activating group) is 1. The molecule has 10 nitrogen and oxygen atoms in total. The van der Waals surface area contributed by atoms with Gasteiger partial charge in [0.25, 0.3) is 5.69 Å². The van der Waals surface area contributed by atoms with E-state index in [1.54, 1.807) is 17.0 Å². The molecule has 1 aromatic heterocycles. The second kappa shape index (κ2) is 8.53. The van der Waals surface area contributed by atoms with Gasteiger partial charge in [-0.15, -0.1) is 0 Å². The van der Waals surface area contributed by atoms with E-state index >= 15 is 0 Å². The van der Waals surface area contributed by atoms with Crippen molar-refractivity contribution in [3.05, 3.63) is 58.9 Å². The minimum absolute atomic E-state index is 0.0169. The maximum Gasteiger partial charge on any atom is 0.271 e. The van der Waals surface area contributed by atoms with Gasteiger partial charge in [-0.05, 0) is 18.2 Å². The number of piperazine rings is 1. The summed E-state index contributed by atoms with van der Waals surface area (Å²) >= 11 is 0. The number of non-ortho nitro benzene ring substituents is 1. The molecule has 0 saturated carbocycles. The molecule has 0 radical (unpaired) electrons. The molecule has 0 unspecified atom stereocenters. The number of benzene rings is 1. The largest absolute Gasteiger partial charge is 0.368 e. The predicted octanol–water partition coefficient (Wildman–Crippen LogP) is 0.959. The van der Waals surface area contributed by atoms with E-state index in [2.05, 4.69) is 4.98 Å². The number of nitrogens with zero attached hydrogens (tertiary/aromatic N) is 5. The Morgan fingerprint density at radius 3 is 2.55 bits per heavy atom. The average molecular weight is 419 g/mol. The van der Waals surface area contributed by atoms with Crippen LogP contribution in [0.2, 0.25) is 0 Å². The third kappa shape index (κ3) is 4.69. The molecule has 0 bridgehead atoms. The molecule has 29 heavy (non-hydrogen) atoms. The highest BCUT2D eigenvalue weighted by Crippen LogP contribution is 2.22. The third-order valence-electron chi connectivity index (χ3n) is 4.74. The minimum Gasteiger partial charge on any atom is -0.368 e. The number of carbonyl (C=O) groups is 1. The lowest BCUT2D eigenvalue weighted by Crippen LogP contribution is -2.51. The predicted molar refractivity (Wildman–Crippen MR) is 106 cm³/mol. The summed E-state index contributed by atoms with van der Waals surface area (Å²) in [6, 6.07) is 9.31. The van der Waals surface area contributed by atoms with Crippen LogP contribution in [0.25, 0.3) is 0 Å². The molecule has 2 aromatic rings. The zero-order valence-electron chi connectivity index (χ0n) is 15.8. The minimum atomic E-state index is -3.79. The summed E-state index contributed by atoms with van der Waals surface area (Å²) in [6.07, 6.45) is 2.72. The summed E-state index contributed by atoms with van der Waals surface area (Å²) in [6.45, 7) is 1.55. The van der Waals surface area contributed by atoms with Crippen molar-refractivity contribution in [2.45, 2.75) is 4.90 Å². The quantitative estimate of drug-likeness (QED) is 0.506. The Morgan fingerprint density at radius 1 is 1.21 bits per heavy atom. The van der Waals surface area contributed by atoms with Crippen LogP contribution in [0, 0.1) is 10.1 Å². The van der Waals surface area contributed by atoms with Gasteiger partial charge in [0.1, 0.15) is 4.90 Å². The van der Waals surface area contributed by atoms with Gasteiger partial charge in [0, 0.05) is 63.4 Å². The van der Waals surface area contributed by atoms with E-state index in [9.17, 15) is 23.3 Å². The number of hydrogen-bond acceptors (Lipinski definition) is 7. The third-order valence-corrected chi connectivity index (χ3v) is 6.53. The van der Waals surface area contributed by atoms with Crippen molar-refractivity contribution in [3.8, 4) is 0 Å². The van der Waals surface area contributed by atoms with Gasteiger partial charge in [-0.2, -0.15) is 4.31 Å². The molecule has 0 spiro atoms. The topological polar surface area (TPSA) is 117 Å². The Kier molecular flexibility index (Phi) is 6.09. The molecule has 0 atom stereocenters. The number of rotatable bonds is 6. The fourth-order valence-electron chi connectivity index (χ4n) is 3.07. The molecule has 154 valence electrons. The molecule has 11 heteroatoms. The number of carbonyl (C=O) groups excluding carboxylic acids is 1. The molecular formula is C18H21N5O5S. The molecule has 0 N–H and O–H groups in total. The highest BCUT2D eigenvalue weighted by atomic mass is 32.2. The zero-order chi connectivity index (χ0) is 21.0. The van der Waals surface area contributed by atoms with E-state index in [4.69, 9.17) is 0 Å². The van der Waals surface area contributed by atoms with E-state index in [0.717, 1.165) is 9.99 Å². The van der Waals surface area contributed by atoms with Crippen LogP contribution in [0.3, 0.4) is 0 Å². The average Bonchev–Trinajstić information content (AvgIpc) is 2.74. The maximum absolute atomic E-state index is 12.6. The molecule has 1 aromatic carbocycles. The van der Waals surface area contributed by atoms with Crippen LogP contribution in [0.1, 0.15) is 0 Å². The van der Waals surface area contributed by atoms with Crippen molar-refractivity contribution in [3.63, 3.8) is 0 Å². The number of amides is 1. The molecule has 2 heterocycles. The van der Waals surface area contributed by atoms with E-state index in [1.807, 2.05) is 4.90 Å². The number of pyridine rings is 1. The summed E-state index contributed by atoms with van der Waals surface area (Å²) in [4.78, 5) is 30.5. The number of nitro benzene ring substituents is 1. The number of nitro groups is 1. The van der Waals surface area contributed by atoms with Crippen LogP contribution < -0.4 is 4.90 Å². The molecule has 3 rings (SSSR count). The van der Waals surface area contributed by atoms with E-state index in [1.165, 1.54) is 43.7 Å². The second-order valence-corrected chi connectivity index (χ2v) is 8.64. The summed E-state index contributed by atoms with van der Waals surface area (Å²) in [5.74, 6) is -0.293. The van der Waals surface area contributed by atoms with Gasteiger partial charge in [-0.25, -0.2) is 8.42 Å². The van der Waals surface area contributed by atoms with Crippen LogP contribution in [0.4, 0.5) is 11.4 Å². The summed E-state index contributed by atoms with van der Waals surface area (Å²) in [5.41, 5.74) is 0.741. The Labute approximate surface area is 168 Å². The Hall–Kier alpha value is -3.05. The number of sulfonamides is 1. The highest BCUT2D eigenvalue weighted by molar-refractivity contribution is 7.89. The van der Waals surface area contributed by atoms with Crippen LogP contribution in [0.15, 0.2) is 53.7 Å². The summed E-state index contributed by atoms with van der Waals surface area (Å²) in [5, 5.41) is 10.9. The van der Waals surface area contributed by atoms with E-state index < -0.39 is 14.9 Å². The van der Waals surface area contributed by atoms with Crippen LogP contribution in [-0.2, 0) is 14.8 Å². The molecule has 1 amide bonds. The van der Waals surface area contributed by atoms with Crippen molar-refractivity contribution in [1.29, 1.82) is 0 Å². The monoisotopic (exact) mass is 419 g/mol. The van der Waals surface area contributed by atoms with Crippen molar-refractivity contribution in [2.75, 3.05) is 44.7 Å². The number of anilines is 1. The van der Waals surface area contributed by atoms with Crippen molar-refractivity contribution in [1.82, 2.24) is 14.2 Å². The van der Waals surface area contributed by atoms with E-state index in [-0.39, 0.29) is 23.0 Å². The number of aromatic nitrogens is 1. The molecular weight excluding hydrogens is 398 g/mol. The van der Waals surface area contributed by atoms with Gasteiger partial charge in [0.2, 0.25) is 15.9 Å². The van der Waals surface area contributed by atoms with E-state index in [0.29, 0.717) is 26.2 Å². The van der Waals surface area contributed by atoms with Gasteiger partial charge in [0.05, 0.1) is 11.5 Å². The van der Waals surface area contributed by atoms with Gasteiger partial charge >= 0.3 is 0 Å². The summed E-state index contributed by atoms with van der Waals surface area (Å²) < 4.78 is 26.1. The van der Waals surface area contributed by atoms with Gasteiger partial charge < -0.3 is 9.80 Å². The highest BCUT2D eigenvalue weighted by Gasteiger charge is 2.27.